The molecule has 0 aliphatic heterocycles. The Hall–Kier alpha value is -2.66. The van der Waals surface area contributed by atoms with Crippen LogP contribution < -0.4 is 5.32 Å². The van der Waals surface area contributed by atoms with E-state index in [-0.39, 0.29) is 6.61 Å². The van der Waals surface area contributed by atoms with Gasteiger partial charge in [0.15, 0.2) is 5.65 Å². The van der Waals surface area contributed by atoms with E-state index in [1.165, 1.54) is 6.20 Å². The zero-order valence-electron chi connectivity index (χ0n) is 14.3. The van der Waals surface area contributed by atoms with Gasteiger partial charge in [-0.15, -0.1) is 0 Å². The monoisotopic (exact) mass is 355 g/mol. The highest BCUT2D eigenvalue weighted by molar-refractivity contribution is 6.33. The van der Waals surface area contributed by atoms with Crippen LogP contribution in [0.5, 0.6) is 0 Å². The molecule has 128 valence electrons. The number of carbonyl (C=O) groups excluding carboxylic acids is 1. The number of aryl methyl sites for hydroxylation is 2. The first-order valence-electron chi connectivity index (χ1n) is 7.96. The predicted molar refractivity (Wildman–Crippen MR) is 99.7 cm³/mol. The van der Waals surface area contributed by atoms with Crippen LogP contribution in [0.4, 0.5) is 11.4 Å². The number of nitrogens with zero attached hydrogens (tertiary/aromatic N) is 2. The maximum Gasteiger partial charge on any atom is 0.341 e. The summed E-state index contributed by atoms with van der Waals surface area (Å²) in [6.45, 7) is 5.91. The van der Waals surface area contributed by atoms with Gasteiger partial charge in [0, 0.05) is 17.3 Å². The van der Waals surface area contributed by atoms with Crippen LogP contribution in [-0.4, -0.2) is 22.5 Å². The van der Waals surface area contributed by atoms with E-state index in [2.05, 4.69) is 15.3 Å². The molecule has 0 amide bonds. The van der Waals surface area contributed by atoms with Crippen molar-refractivity contribution >= 4 is 40.0 Å². The van der Waals surface area contributed by atoms with E-state index < -0.39 is 5.97 Å². The molecule has 3 rings (SSSR count). The van der Waals surface area contributed by atoms with Crippen molar-refractivity contribution in [1.82, 2.24) is 9.97 Å². The van der Waals surface area contributed by atoms with Gasteiger partial charge in [0.1, 0.15) is 5.56 Å². The van der Waals surface area contributed by atoms with Crippen LogP contribution in [0.3, 0.4) is 0 Å². The second kappa shape index (κ2) is 7.07. The van der Waals surface area contributed by atoms with E-state index >= 15 is 0 Å². The standard InChI is InChI=1S/C19H18ClN3O2/c1-4-25-19(24)14-10-21-18-13(7-6-12(3)22-18)17(14)23-16-8-5-11(2)9-15(16)20/h5-10H,4H2,1-3H3,(H,21,22,23). The van der Waals surface area contributed by atoms with Crippen LogP contribution in [0.1, 0.15) is 28.5 Å². The minimum absolute atomic E-state index is 0.285. The van der Waals surface area contributed by atoms with Gasteiger partial charge in [-0.05, 0) is 50.6 Å². The van der Waals surface area contributed by atoms with Gasteiger partial charge in [0.25, 0.3) is 0 Å². The number of benzene rings is 1. The maximum atomic E-state index is 12.3. The lowest BCUT2D eigenvalue weighted by molar-refractivity contribution is 0.0527. The molecule has 5 nitrogen and oxygen atoms in total. The van der Waals surface area contributed by atoms with Crippen LogP contribution in [0.25, 0.3) is 11.0 Å². The summed E-state index contributed by atoms with van der Waals surface area (Å²) in [6.07, 6.45) is 1.48. The summed E-state index contributed by atoms with van der Waals surface area (Å²) >= 11 is 6.34. The molecular weight excluding hydrogens is 338 g/mol. The summed E-state index contributed by atoms with van der Waals surface area (Å²) in [5.74, 6) is -0.441. The van der Waals surface area contributed by atoms with Gasteiger partial charge >= 0.3 is 5.97 Å². The van der Waals surface area contributed by atoms with E-state index in [4.69, 9.17) is 16.3 Å². The van der Waals surface area contributed by atoms with E-state index in [9.17, 15) is 4.79 Å². The van der Waals surface area contributed by atoms with Crippen molar-refractivity contribution in [3.63, 3.8) is 0 Å². The Morgan fingerprint density at radius 1 is 1.24 bits per heavy atom. The Morgan fingerprint density at radius 3 is 2.76 bits per heavy atom. The lowest BCUT2D eigenvalue weighted by atomic mass is 10.1. The average Bonchev–Trinajstić information content (AvgIpc) is 2.57. The normalized spacial score (nSPS) is 10.7. The molecule has 0 spiro atoms. The lowest BCUT2D eigenvalue weighted by Crippen LogP contribution is -2.10. The first-order chi connectivity index (χ1) is 12.0. The highest BCUT2D eigenvalue weighted by Crippen LogP contribution is 2.32. The summed E-state index contributed by atoms with van der Waals surface area (Å²) in [4.78, 5) is 21.1. The Bertz CT molecular complexity index is 957. The van der Waals surface area contributed by atoms with Crippen molar-refractivity contribution in [2.45, 2.75) is 20.8 Å². The van der Waals surface area contributed by atoms with Gasteiger partial charge in [-0.25, -0.2) is 14.8 Å². The SMILES string of the molecule is CCOC(=O)c1cnc2nc(C)ccc2c1Nc1ccc(C)cc1Cl. The molecule has 0 saturated heterocycles. The molecule has 0 atom stereocenters. The fourth-order valence-electron chi connectivity index (χ4n) is 2.53. The highest BCUT2D eigenvalue weighted by Gasteiger charge is 2.18. The summed E-state index contributed by atoms with van der Waals surface area (Å²) in [6, 6.07) is 9.45. The molecule has 0 saturated carbocycles. The topological polar surface area (TPSA) is 64.1 Å². The average molecular weight is 356 g/mol. The molecular formula is C19H18ClN3O2. The first kappa shape index (κ1) is 17.2. The maximum absolute atomic E-state index is 12.3. The Balaban J connectivity index is 2.17. The number of rotatable bonds is 4. The molecule has 0 unspecified atom stereocenters. The predicted octanol–water partition coefficient (Wildman–Crippen LogP) is 4.82. The molecule has 1 aromatic carbocycles. The molecule has 0 fully saturated rings. The second-order valence-corrected chi connectivity index (χ2v) is 6.11. The third-order valence-electron chi connectivity index (χ3n) is 3.75. The number of halogens is 1. The van der Waals surface area contributed by atoms with E-state index in [1.807, 2.05) is 44.2 Å². The number of hydrogen-bond donors (Lipinski definition) is 1. The third kappa shape index (κ3) is 3.56. The summed E-state index contributed by atoms with van der Waals surface area (Å²) < 4.78 is 5.16. The molecule has 0 bridgehead atoms. The number of carbonyl (C=O) groups is 1. The molecule has 0 radical (unpaired) electrons. The minimum Gasteiger partial charge on any atom is -0.462 e. The van der Waals surface area contributed by atoms with Gasteiger partial charge in [0.2, 0.25) is 0 Å². The molecule has 6 heteroatoms. The van der Waals surface area contributed by atoms with Crippen LogP contribution in [-0.2, 0) is 4.74 Å². The smallest absolute Gasteiger partial charge is 0.341 e. The first-order valence-corrected chi connectivity index (χ1v) is 8.34. The second-order valence-electron chi connectivity index (χ2n) is 5.70. The number of esters is 1. The molecule has 2 aromatic heterocycles. The van der Waals surface area contributed by atoms with E-state index in [0.29, 0.717) is 27.6 Å². The van der Waals surface area contributed by atoms with Crippen molar-refractivity contribution in [1.29, 1.82) is 0 Å². The van der Waals surface area contributed by atoms with Gasteiger partial charge in [0.05, 0.1) is 23.0 Å². The molecule has 2 heterocycles. The van der Waals surface area contributed by atoms with Crippen LogP contribution >= 0.6 is 11.6 Å². The number of aromatic nitrogens is 2. The van der Waals surface area contributed by atoms with Crippen molar-refractivity contribution in [2.75, 3.05) is 11.9 Å². The van der Waals surface area contributed by atoms with Gasteiger partial charge in [-0.3, -0.25) is 0 Å². The van der Waals surface area contributed by atoms with Crippen molar-refractivity contribution in [3.8, 4) is 0 Å². The van der Waals surface area contributed by atoms with Crippen molar-refractivity contribution < 1.29 is 9.53 Å². The summed E-state index contributed by atoms with van der Waals surface area (Å²) in [5, 5.41) is 4.56. The largest absolute Gasteiger partial charge is 0.462 e. The molecule has 3 aromatic rings. The lowest BCUT2D eigenvalue weighted by Gasteiger charge is -2.15. The Morgan fingerprint density at radius 2 is 2.04 bits per heavy atom. The number of anilines is 2. The third-order valence-corrected chi connectivity index (χ3v) is 4.06. The highest BCUT2D eigenvalue weighted by atomic mass is 35.5. The van der Waals surface area contributed by atoms with Crippen LogP contribution in [0.15, 0.2) is 36.5 Å². The van der Waals surface area contributed by atoms with E-state index in [0.717, 1.165) is 16.6 Å². The molecule has 0 aliphatic rings. The number of nitrogens with one attached hydrogen (secondary N) is 1. The number of ether oxygens (including phenoxy) is 1. The van der Waals surface area contributed by atoms with Gasteiger partial charge in [-0.2, -0.15) is 0 Å². The Labute approximate surface area is 151 Å². The summed E-state index contributed by atoms with van der Waals surface area (Å²) in [5.41, 5.74) is 4.09. The fraction of sp³-hybridized carbons (Fsp3) is 0.211. The fourth-order valence-corrected chi connectivity index (χ4v) is 2.81. The van der Waals surface area contributed by atoms with Crippen molar-refractivity contribution in [3.05, 3.63) is 58.4 Å². The van der Waals surface area contributed by atoms with Gasteiger partial charge in [-0.1, -0.05) is 17.7 Å². The number of fused-ring (bicyclic) bond motifs is 1. The molecule has 0 aliphatic carbocycles. The number of hydrogen-bond acceptors (Lipinski definition) is 5. The summed E-state index contributed by atoms with van der Waals surface area (Å²) in [7, 11) is 0. The zero-order chi connectivity index (χ0) is 18.0. The quantitative estimate of drug-likeness (QED) is 0.680. The van der Waals surface area contributed by atoms with Crippen LogP contribution in [0, 0.1) is 13.8 Å². The van der Waals surface area contributed by atoms with E-state index in [1.54, 1.807) is 6.92 Å². The van der Waals surface area contributed by atoms with Crippen LogP contribution in [0.2, 0.25) is 5.02 Å². The zero-order valence-corrected chi connectivity index (χ0v) is 15.0. The minimum atomic E-state index is -0.441. The molecule has 25 heavy (non-hydrogen) atoms. The number of pyridine rings is 2. The van der Waals surface area contributed by atoms with Gasteiger partial charge < -0.3 is 10.1 Å². The Kier molecular flexibility index (Phi) is 4.86. The van der Waals surface area contributed by atoms with Crippen molar-refractivity contribution in [2.24, 2.45) is 0 Å². The molecule has 1 N–H and O–H groups in total.